The molecule has 9 nitrogen and oxygen atoms in total. The molecule has 4 heterocycles. The lowest BCUT2D eigenvalue weighted by atomic mass is 9.64. The van der Waals surface area contributed by atoms with Crippen LogP contribution >= 0.6 is 0 Å². The summed E-state index contributed by atoms with van der Waals surface area (Å²) in [5.41, 5.74) is 9.21. The Labute approximate surface area is 198 Å². The second-order valence-corrected chi connectivity index (χ2v) is 11.1. The summed E-state index contributed by atoms with van der Waals surface area (Å²) in [6.07, 6.45) is 0.750. The molecule has 0 bridgehead atoms. The third-order valence-electron chi connectivity index (χ3n) is 8.58. The number of hydrogen-bond donors (Lipinski definition) is 5. The number of amides is 1. The summed E-state index contributed by atoms with van der Waals surface area (Å²) < 4.78 is 45.6. The van der Waals surface area contributed by atoms with Gasteiger partial charge in [0.2, 0.25) is 5.91 Å². The zero-order valence-corrected chi connectivity index (χ0v) is 20.0. The molecule has 0 aromatic rings. The molecule has 1 saturated carbocycles. The third kappa shape index (κ3) is 4.82. The molecule has 5 rings (SSSR count). The van der Waals surface area contributed by atoms with Gasteiger partial charge in [0.15, 0.2) is 0 Å². The zero-order valence-electron chi connectivity index (χ0n) is 20.0. The fourth-order valence-electron chi connectivity index (χ4n) is 6.56. The quantitative estimate of drug-likeness (QED) is 0.384. The van der Waals surface area contributed by atoms with Crippen molar-refractivity contribution in [2.75, 3.05) is 26.9 Å². The Bertz CT molecular complexity index is 753. The summed E-state index contributed by atoms with van der Waals surface area (Å²) in [5.74, 6) is 0.287. The summed E-state index contributed by atoms with van der Waals surface area (Å²) in [4.78, 5) is 15.6. The highest BCUT2D eigenvalue weighted by Gasteiger charge is 2.53. The van der Waals surface area contributed by atoms with Gasteiger partial charge in [-0.05, 0) is 52.0 Å². The molecular formula is C22H38F3N7O2. The van der Waals surface area contributed by atoms with E-state index in [1.807, 2.05) is 6.92 Å². The summed E-state index contributed by atoms with van der Waals surface area (Å²) >= 11 is 0. The van der Waals surface area contributed by atoms with Gasteiger partial charge in [0.05, 0.1) is 32.2 Å². The fourth-order valence-corrected chi connectivity index (χ4v) is 6.56. The number of ether oxygens (including phenoxy) is 1. The van der Waals surface area contributed by atoms with Crippen LogP contribution in [0.25, 0.3) is 0 Å². The SMILES string of the molecule is CC1CC(C(=O)NC2CCCC(C3(CC4NNCN4C)COC3)C2)N2NC(C(F)(F)F)CC2N1. The average Bonchev–Trinajstić information content (AvgIpc) is 3.36. The van der Waals surface area contributed by atoms with Crippen LogP contribution in [0, 0.1) is 11.3 Å². The van der Waals surface area contributed by atoms with E-state index in [9.17, 15) is 18.0 Å². The van der Waals surface area contributed by atoms with Crippen molar-refractivity contribution in [3.63, 3.8) is 0 Å². The molecule has 0 aromatic heterocycles. The Morgan fingerprint density at radius 1 is 1.21 bits per heavy atom. The second kappa shape index (κ2) is 9.45. The van der Waals surface area contributed by atoms with Crippen LogP contribution in [0.5, 0.6) is 0 Å². The normalized spacial score (nSPS) is 41.1. The molecule has 5 N–H and O–H groups in total. The predicted molar refractivity (Wildman–Crippen MR) is 119 cm³/mol. The maximum Gasteiger partial charge on any atom is 0.405 e. The molecule has 7 atom stereocenters. The van der Waals surface area contributed by atoms with E-state index in [0.29, 0.717) is 12.3 Å². The maximum absolute atomic E-state index is 13.3. The number of carbonyl (C=O) groups excluding carboxylic acids is 1. The molecule has 1 aliphatic carbocycles. The van der Waals surface area contributed by atoms with Crippen molar-refractivity contribution in [2.45, 2.75) is 94.5 Å². The summed E-state index contributed by atoms with van der Waals surface area (Å²) in [7, 11) is 2.10. The van der Waals surface area contributed by atoms with Gasteiger partial charge in [0, 0.05) is 23.9 Å². The topological polar surface area (TPSA) is 92.9 Å². The number of nitrogens with zero attached hydrogens (tertiary/aromatic N) is 2. The monoisotopic (exact) mass is 489 g/mol. The second-order valence-electron chi connectivity index (χ2n) is 11.1. The molecule has 34 heavy (non-hydrogen) atoms. The molecule has 0 spiro atoms. The average molecular weight is 490 g/mol. The number of rotatable bonds is 5. The molecule has 5 aliphatic rings. The lowest BCUT2D eigenvalue weighted by Gasteiger charge is -2.51. The van der Waals surface area contributed by atoms with Crippen molar-refractivity contribution < 1.29 is 22.7 Å². The van der Waals surface area contributed by atoms with E-state index in [1.165, 1.54) is 5.01 Å². The van der Waals surface area contributed by atoms with E-state index in [2.05, 4.69) is 38.9 Å². The van der Waals surface area contributed by atoms with Gasteiger partial charge in [0.25, 0.3) is 0 Å². The van der Waals surface area contributed by atoms with Crippen molar-refractivity contribution in [3.05, 3.63) is 0 Å². The van der Waals surface area contributed by atoms with E-state index in [0.717, 1.165) is 52.0 Å². The van der Waals surface area contributed by atoms with E-state index in [-0.39, 0.29) is 36.0 Å². The van der Waals surface area contributed by atoms with Crippen molar-refractivity contribution in [1.82, 2.24) is 36.8 Å². The minimum atomic E-state index is -4.34. The van der Waals surface area contributed by atoms with Gasteiger partial charge in [-0.3, -0.25) is 15.0 Å². The predicted octanol–water partition coefficient (Wildman–Crippen LogP) is 0.609. The lowest BCUT2D eigenvalue weighted by molar-refractivity contribution is -0.167. The first-order chi connectivity index (χ1) is 16.1. The Morgan fingerprint density at radius 2 is 2.00 bits per heavy atom. The number of halogens is 3. The highest BCUT2D eigenvalue weighted by Crippen LogP contribution is 2.47. The van der Waals surface area contributed by atoms with Gasteiger partial charge >= 0.3 is 6.18 Å². The van der Waals surface area contributed by atoms with Crippen LogP contribution in [0.15, 0.2) is 0 Å². The Hall–Kier alpha value is -1.02. The van der Waals surface area contributed by atoms with Gasteiger partial charge in [-0.2, -0.15) is 13.2 Å². The first-order valence-corrected chi connectivity index (χ1v) is 12.6. The summed E-state index contributed by atoms with van der Waals surface area (Å²) in [6, 6.07) is -2.22. The van der Waals surface area contributed by atoms with Crippen LogP contribution < -0.4 is 26.9 Å². The molecule has 194 valence electrons. The van der Waals surface area contributed by atoms with Crippen LogP contribution in [-0.2, 0) is 9.53 Å². The van der Waals surface area contributed by atoms with Crippen LogP contribution in [0.3, 0.4) is 0 Å². The van der Waals surface area contributed by atoms with Crippen molar-refractivity contribution in [2.24, 2.45) is 11.3 Å². The number of hydrogen-bond acceptors (Lipinski definition) is 8. The Kier molecular flexibility index (Phi) is 6.86. The molecular weight excluding hydrogens is 451 g/mol. The molecule has 4 aliphatic heterocycles. The van der Waals surface area contributed by atoms with Gasteiger partial charge < -0.3 is 10.1 Å². The van der Waals surface area contributed by atoms with Crippen LogP contribution in [-0.4, -0.2) is 85.4 Å². The maximum atomic E-state index is 13.3. The standard InChI is InChI=1S/C22H38F3N7O2/c1-13-6-16(32-18(27-13)8-17(30-32)22(23,24)25)20(33)28-15-5-3-4-14(7-15)21(10-34-11-21)9-19-29-26-12-31(19)2/h13-19,26-27,29-30H,3-12H2,1-2H3,(H,28,33). The van der Waals surface area contributed by atoms with Gasteiger partial charge in [-0.1, -0.05) is 6.42 Å². The molecule has 1 amide bonds. The smallest absolute Gasteiger partial charge is 0.380 e. The summed E-state index contributed by atoms with van der Waals surface area (Å²) in [6.45, 7) is 4.22. The highest BCUT2D eigenvalue weighted by molar-refractivity contribution is 5.82. The minimum absolute atomic E-state index is 0.0233. The fraction of sp³-hybridized carbons (Fsp3) is 0.955. The van der Waals surface area contributed by atoms with Crippen LogP contribution in [0.4, 0.5) is 13.2 Å². The molecule has 0 radical (unpaired) electrons. The van der Waals surface area contributed by atoms with Gasteiger partial charge in [-0.15, -0.1) is 0 Å². The number of carbonyl (C=O) groups is 1. The van der Waals surface area contributed by atoms with E-state index in [1.54, 1.807) is 0 Å². The van der Waals surface area contributed by atoms with Crippen LogP contribution in [0.2, 0.25) is 0 Å². The minimum Gasteiger partial charge on any atom is -0.380 e. The largest absolute Gasteiger partial charge is 0.405 e. The first kappa shape index (κ1) is 24.7. The van der Waals surface area contributed by atoms with Crippen molar-refractivity contribution in [3.8, 4) is 0 Å². The van der Waals surface area contributed by atoms with E-state index in [4.69, 9.17) is 4.74 Å². The Morgan fingerprint density at radius 3 is 2.65 bits per heavy atom. The van der Waals surface area contributed by atoms with Crippen LogP contribution in [0.1, 0.15) is 51.9 Å². The van der Waals surface area contributed by atoms with Crippen molar-refractivity contribution in [1.29, 1.82) is 0 Å². The van der Waals surface area contributed by atoms with E-state index >= 15 is 0 Å². The van der Waals surface area contributed by atoms with E-state index < -0.39 is 24.4 Å². The Balaban J connectivity index is 1.21. The molecule has 7 unspecified atom stereocenters. The first-order valence-electron chi connectivity index (χ1n) is 12.6. The number of alkyl halides is 3. The molecule has 5 fully saturated rings. The third-order valence-corrected chi connectivity index (χ3v) is 8.58. The van der Waals surface area contributed by atoms with Gasteiger partial charge in [0.1, 0.15) is 12.1 Å². The molecule has 0 aromatic carbocycles. The number of fused-ring (bicyclic) bond motifs is 1. The zero-order chi connectivity index (χ0) is 24.1. The van der Waals surface area contributed by atoms with Gasteiger partial charge in [-0.25, -0.2) is 21.3 Å². The number of nitrogens with one attached hydrogen (secondary N) is 5. The lowest BCUT2D eigenvalue weighted by Crippen LogP contribution is -2.65. The molecule has 12 heteroatoms. The summed E-state index contributed by atoms with van der Waals surface area (Å²) in [5, 5.41) is 7.93. The molecule has 4 saturated heterocycles. The highest BCUT2D eigenvalue weighted by atomic mass is 19.4. The van der Waals surface area contributed by atoms with Crippen molar-refractivity contribution >= 4 is 5.91 Å². The number of hydrazine groups is 2.